The van der Waals surface area contributed by atoms with Crippen molar-refractivity contribution in [2.45, 2.75) is 10.3 Å². The smallest absolute Gasteiger partial charge is 0.181 e. The van der Waals surface area contributed by atoms with Crippen LogP contribution in [0.5, 0.6) is 0 Å². The molecule has 0 saturated heterocycles. The minimum Gasteiger partial charge on any atom is -0.224 e. The van der Waals surface area contributed by atoms with Crippen molar-refractivity contribution in [2.75, 3.05) is 5.75 Å². The molecule has 106 valence electrons. The molecule has 20 heavy (non-hydrogen) atoms. The van der Waals surface area contributed by atoms with Crippen molar-refractivity contribution in [1.82, 2.24) is 0 Å². The zero-order valence-electron chi connectivity index (χ0n) is 10.3. The Morgan fingerprint density at radius 2 is 1.65 bits per heavy atom. The van der Waals surface area contributed by atoms with Crippen LogP contribution >= 0.6 is 34.8 Å². The fourth-order valence-corrected chi connectivity index (χ4v) is 4.54. The molecule has 2 nitrogen and oxygen atoms in total. The lowest BCUT2D eigenvalue weighted by atomic mass is 10.2. The second-order valence-electron chi connectivity index (χ2n) is 4.23. The highest BCUT2D eigenvalue weighted by Gasteiger charge is 2.23. The number of rotatable bonds is 4. The maximum absolute atomic E-state index is 12.4. The molecule has 2 rings (SSSR count). The molecule has 1 unspecified atom stereocenters. The van der Waals surface area contributed by atoms with Crippen molar-refractivity contribution >= 4 is 44.6 Å². The maximum atomic E-state index is 12.4. The van der Waals surface area contributed by atoms with Gasteiger partial charge in [0.15, 0.2) is 9.84 Å². The molecule has 2 aromatic carbocycles. The predicted molar refractivity (Wildman–Crippen MR) is 83.6 cm³/mol. The van der Waals surface area contributed by atoms with E-state index in [0.29, 0.717) is 5.02 Å². The first-order valence-corrected chi connectivity index (χ1v) is 8.61. The van der Waals surface area contributed by atoms with Crippen LogP contribution in [0.1, 0.15) is 10.9 Å². The van der Waals surface area contributed by atoms with Crippen molar-refractivity contribution < 1.29 is 8.42 Å². The predicted octanol–water partition coefficient (Wildman–Crippen LogP) is 4.75. The lowest BCUT2D eigenvalue weighted by Gasteiger charge is -2.12. The minimum atomic E-state index is -3.61. The van der Waals surface area contributed by atoms with Crippen LogP contribution in [-0.2, 0) is 9.84 Å². The van der Waals surface area contributed by atoms with Crippen molar-refractivity contribution in [3.63, 3.8) is 0 Å². The van der Waals surface area contributed by atoms with Crippen LogP contribution in [0.3, 0.4) is 0 Å². The summed E-state index contributed by atoms with van der Waals surface area (Å²) in [5.74, 6) is -0.237. The topological polar surface area (TPSA) is 34.1 Å². The van der Waals surface area contributed by atoms with Gasteiger partial charge in [-0.2, -0.15) is 0 Å². The van der Waals surface area contributed by atoms with Crippen molar-refractivity contribution in [2.24, 2.45) is 0 Å². The molecule has 0 aliphatic heterocycles. The van der Waals surface area contributed by atoms with Crippen LogP contribution in [0.15, 0.2) is 53.4 Å². The molecule has 0 aliphatic rings. The van der Waals surface area contributed by atoms with E-state index < -0.39 is 15.2 Å². The van der Waals surface area contributed by atoms with E-state index in [0.717, 1.165) is 5.56 Å². The molecule has 0 fully saturated rings. The molecule has 1 atom stereocenters. The summed E-state index contributed by atoms with van der Waals surface area (Å²) in [6.07, 6.45) is 0. The third kappa shape index (κ3) is 3.67. The summed E-state index contributed by atoms with van der Waals surface area (Å²) in [4.78, 5) is 0.00764. The molecule has 0 N–H and O–H groups in total. The normalized spacial score (nSPS) is 13.2. The zero-order valence-corrected chi connectivity index (χ0v) is 13.3. The average molecular weight is 350 g/mol. The summed E-state index contributed by atoms with van der Waals surface area (Å²) >= 11 is 17.9. The van der Waals surface area contributed by atoms with Crippen LogP contribution in [0, 0.1) is 0 Å². The van der Waals surface area contributed by atoms with Gasteiger partial charge in [0.2, 0.25) is 0 Å². The molecule has 0 bridgehead atoms. The number of halogens is 3. The molecule has 0 aromatic heterocycles. The van der Waals surface area contributed by atoms with Gasteiger partial charge in [-0.05, 0) is 23.8 Å². The van der Waals surface area contributed by atoms with E-state index in [2.05, 4.69) is 0 Å². The monoisotopic (exact) mass is 348 g/mol. The summed E-state index contributed by atoms with van der Waals surface area (Å²) in [6, 6.07) is 13.4. The Balaban J connectivity index is 2.30. The van der Waals surface area contributed by atoms with Gasteiger partial charge in [-0.1, -0.05) is 53.5 Å². The van der Waals surface area contributed by atoms with Crippen LogP contribution in [0.4, 0.5) is 0 Å². The minimum absolute atomic E-state index is 0.00764. The van der Waals surface area contributed by atoms with Gasteiger partial charge >= 0.3 is 0 Å². The van der Waals surface area contributed by atoms with Gasteiger partial charge in [0.1, 0.15) is 0 Å². The third-order valence-corrected chi connectivity index (χ3v) is 5.80. The maximum Gasteiger partial charge on any atom is 0.181 e. The van der Waals surface area contributed by atoms with Crippen molar-refractivity contribution in [3.8, 4) is 0 Å². The van der Waals surface area contributed by atoms with Gasteiger partial charge in [-0.3, -0.25) is 0 Å². The van der Waals surface area contributed by atoms with Crippen LogP contribution in [0.2, 0.25) is 10.0 Å². The molecular weight excluding hydrogens is 339 g/mol. The SMILES string of the molecule is O=S(=O)(CC(Cl)c1ccccc1)c1cc(Cl)ccc1Cl. The van der Waals surface area contributed by atoms with Crippen molar-refractivity contribution in [1.29, 1.82) is 0 Å². The van der Waals surface area contributed by atoms with Crippen LogP contribution in [-0.4, -0.2) is 14.2 Å². The van der Waals surface area contributed by atoms with Gasteiger partial charge in [-0.25, -0.2) is 8.42 Å². The number of hydrogen-bond donors (Lipinski definition) is 0. The summed E-state index contributed by atoms with van der Waals surface area (Å²) in [5, 5.41) is -0.179. The fraction of sp³-hybridized carbons (Fsp3) is 0.143. The Morgan fingerprint density at radius 3 is 2.30 bits per heavy atom. The number of alkyl halides is 1. The molecule has 0 aliphatic carbocycles. The zero-order chi connectivity index (χ0) is 14.8. The Morgan fingerprint density at radius 1 is 1.00 bits per heavy atom. The van der Waals surface area contributed by atoms with E-state index in [1.807, 2.05) is 18.2 Å². The second-order valence-corrected chi connectivity index (χ2v) is 7.61. The quantitative estimate of drug-likeness (QED) is 0.747. The van der Waals surface area contributed by atoms with Gasteiger partial charge in [-0.15, -0.1) is 11.6 Å². The highest BCUT2D eigenvalue weighted by Crippen LogP contribution is 2.30. The molecule has 0 spiro atoms. The summed E-state index contributed by atoms with van der Waals surface area (Å²) in [5.41, 5.74) is 0.746. The first-order chi connectivity index (χ1) is 9.40. The number of hydrogen-bond acceptors (Lipinski definition) is 2. The summed E-state index contributed by atoms with van der Waals surface area (Å²) in [7, 11) is -3.61. The highest BCUT2D eigenvalue weighted by atomic mass is 35.5. The molecule has 0 radical (unpaired) electrons. The molecule has 6 heteroatoms. The Bertz CT molecular complexity index is 700. The van der Waals surface area contributed by atoms with E-state index in [9.17, 15) is 8.42 Å². The van der Waals surface area contributed by atoms with E-state index in [1.54, 1.807) is 12.1 Å². The molecule has 0 saturated carbocycles. The molecule has 0 amide bonds. The van der Waals surface area contributed by atoms with Crippen molar-refractivity contribution in [3.05, 3.63) is 64.1 Å². The fourth-order valence-electron chi connectivity index (χ4n) is 1.76. The second kappa shape index (κ2) is 6.35. The first kappa shape index (κ1) is 15.6. The van der Waals surface area contributed by atoms with Crippen LogP contribution in [0.25, 0.3) is 0 Å². The molecule has 2 aromatic rings. The van der Waals surface area contributed by atoms with E-state index >= 15 is 0 Å². The van der Waals surface area contributed by atoms with E-state index in [-0.39, 0.29) is 15.7 Å². The Labute approximate surface area is 133 Å². The third-order valence-electron chi connectivity index (χ3n) is 2.76. The molecular formula is C14H11Cl3O2S. The van der Waals surface area contributed by atoms with Crippen LogP contribution < -0.4 is 0 Å². The lowest BCUT2D eigenvalue weighted by molar-refractivity contribution is 0.594. The Kier molecular flexibility index (Phi) is 4.97. The average Bonchev–Trinajstić information content (AvgIpc) is 2.42. The summed E-state index contributed by atoms with van der Waals surface area (Å²) < 4.78 is 24.7. The molecule has 0 heterocycles. The highest BCUT2D eigenvalue weighted by molar-refractivity contribution is 7.91. The lowest BCUT2D eigenvalue weighted by Crippen LogP contribution is -2.12. The van der Waals surface area contributed by atoms with Gasteiger partial charge in [0.25, 0.3) is 0 Å². The van der Waals surface area contributed by atoms with Gasteiger partial charge in [0, 0.05) is 5.02 Å². The van der Waals surface area contributed by atoms with Gasteiger partial charge in [0.05, 0.1) is 21.0 Å². The number of benzene rings is 2. The summed E-state index contributed by atoms with van der Waals surface area (Å²) in [6.45, 7) is 0. The Hall–Kier alpha value is -0.740. The van der Waals surface area contributed by atoms with E-state index in [1.165, 1.54) is 18.2 Å². The number of sulfone groups is 1. The van der Waals surface area contributed by atoms with Gasteiger partial charge < -0.3 is 0 Å². The van der Waals surface area contributed by atoms with E-state index in [4.69, 9.17) is 34.8 Å². The largest absolute Gasteiger partial charge is 0.224 e. The standard InChI is InChI=1S/C14H11Cl3O2S/c15-11-6-7-12(16)14(8-11)20(18,19)9-13(17)10-4-2-1-3-5-10/h1-8,13H,9H2. The first-order valence-electron chi connectivity index (χ1n) is 5.77.